The summed E-state index contributed by atoms with van der Waals surface area (Å²) in [6.07, 6.45) is 4.18. The lowest BCUT2D eigenvalue weighted by Gasteiger charge is -2.21. The van der Waals surface area contributed by atoms with Gasteiger partial charge in [0.25, 0.3) is 0 Å². The van der Waals surface area contributed by atoms with Gasteiger partial charge in [-0.15, -0.1) is 11.3 Å². The summed E-state index contributed by atoms with van der Waals surface area (Å²) >= 11 is 1.85. The van der Waals surface area contributed by atoms with E-state index in [9.17, 15) is 0 Å². The SMILES string of the molecule is CCN(CC)c1ccc(-c2ccc(-c3cc[n+](C)cc3)s2)cc1. The molecule has 3 aromatic rings. The van der Waals surface area contributed by atoms with Crippen LogP contribution in [0.1, 0.15) is 13.8 Å². The maximum Gasteiger partial charge on any atom is 0.169 e. The van der Waals surface area contributed by atoms with Crippen molar-refractivity contribution in [2.75, 3.05) is 18.0 Å². The van der Waals surface area contributed by atoms with Crippen LogP contribution in [0.15, 0.2) is 60.9 Å². The minimum Gasteiger partial charge on any atom is -0.372 e. The van der Waals surface area contributed by atoms with E-state index in [4.69, 9.17) is 0 Å². The summed E-state index contributed by atoms with van der Waals surface area (Å²) in [5.41, 5.74) is 3.86. The average Bonchev–Trinajstić information content (AvgIpc) is 3.07. The first-order valence-electron chi connectivity index (χ1n) is 8.12. The summed E-state index contributed by atoms with van der Waals surface area (Å²) < 4.78 is 2.06. The van der Waals surface area contributed by atoms with Crippen molar-refractivity contribution in [1.29, 1.82) is 0 Å². The molecule has 2 nitrogen and oxygen atoms in total. The van der Waals surface area contributed by atoms with E-state index in [1.807, 2.05) is 18.4 Å². The van der Waals surface area contributed by atoms with Crippen molar-refractivity contribution in [3.05, 3.63) is 60.9 Å². The van der Waals surface area contributed by atoms with Gasteiger partial charge in [0.05, 0.1) is 0 Å². The molecule has 0 aliphatic carbocycles. The third-order valence-electron chi connectivity index (χ3n) is 4.15. The summed E-state index contributed by atoms with van der Waals surface area (Å²) in [6.45, 7) is 6.49. The molecule has 0 aliphatic rings. The van der Waals surface area contributed by atoms with Gasteiger partial charge in [0.1, 0.15) is 7.05 Å². The van der Waals surface area contributed by atoms with Crippen LogP contribution in [0.2, 0.25) is 0 Å². The molecular weight excluding hydrogens is 300 g/mol. The third kappa shape index (κ3) is 3.45. The van der Waals surface area contributed by atoms with Crippen LogP contribution in [0.3, 0.4) is 0 Å². The molecule has 118 valence electrons. The van der Waals surface area contributed by atoms with E-state index in [1.54, 1.807) is 0 Å². The number of benzene rings is 1. The van der Waals surface area contributed by atoms with Gasteiger partial charge in [0, 0.05) is 46.2 Å². The molecule has 3 heteroatoms. The van der Waals surface area contributed by atoms with Gasteiger partial charge in [-0.25, -0.2) is 4.57 Å². The van der Waals surface area contributed by atoms with Crippen molar-refractivity contribution in [3.8, 4) is 20.9 Å². The van der Waals surface area contributed by atoms with Crippen LogP contribution in [0, 0.1) is 0 Å². The van der Waals surface area contributed by atoms with Crippen molar-refractivity contribution in [1.82, 2.24) is 0 Å². The van der Waals surface area contributed by atoms with E-state index < -0.39 is 0 Å². The van der Waals surface area contributed by atoms with Crippen molar-refractivity contribution in [2.45, 2.75) is 13.8 Å². The molecule has 3 rings (SSSR count). The Hall–Kier alpha value is -2.13. The number of aryl methyl sites for hydroxylation is 1. The second-order valence-corrected chi connectivity index (χ2v) is 6.72. The normalized spacial score (nSPS) is 10.7. The smallest absolute Gasteiger partial charge is 0.169 e. The quantitative estimate of drug-likeness (QED) is 0.614. The lowest BCUT2D eigenvalue weighted by molar-refractivity contribution is -0.671. The first-order chi connectivity index (χ1) is 11.2. The number of thiophene rings is 1. The highest BCUT2D eigenvalue weighted by Gasteiger charge is 2.07. The van der Waals surface area contributed by atoms with Crippen LogP contribution in [0.4, 0.5) is 5.69 Å². The monoisotopic (exact) mass is 323 g/mol. The van der Waals surface area contributed by atoms with Gasteiger partial charge in [0.2, 0.25) is 0 Å². The van der Waals surface area contributed by atoms with Gasteiger partial charge in [-0.1, -0.05) is 12.1 Å². The van der Waals surface area contributed by atoms with Crippen molar-refractivity contribution in [2.24, 2.45) is 7.05 Å². The fraction of sp³-hybridized carbons (Fsp3) is 0.250. The Bertz CT molecular complexity index is 753. The van der Waals surface area contributed by atoms with Crippen molar-refractivity contribution < 1.29 is 4.57 Å². The van der Waals surface area contributed by atoms with Crippen LogP contribution < -0.4 is 9.47 Å². The molecule has 0 bridgehead atoms. The highest BCUT2D eigenvalue weighted by atomic mass is 32.1. The fourth-order valence-corrected chi connectivity index (χ4v) is 3.76. The van der Waals surface area contributed by atoms with Gasteiger partial charge in [-0.05, 0) is 43.7 Å². The van der Waals surface area contributed by atoms with Crippen molar-refractivity contribution >= 4 is 17.0 Å². The molecule has 2 aromatic heterocycles. The Balaban J connectivity index is 1.84. The molecule has 0 saturated carbocycles. The molecule has 0 aliphatic heterocycles. The number of nitrogens with zero attached hydrogens (tertiary/aromatic N) is 2. The van der Waals surface area contributed by atoms with Crippen molar-refractivity contribution in [3.63, 3.8) is 0 Å². The van der Waals surface area contributed by atoms with Gasteiger partial charge in [0.15, 0.2) is 12.4 Å². The van der Waals surface area contributed by atoms with E-state index in [0.29, 0.717) is 0 Å². The molecule has 0 amide bonds. The topological polar surface area (TPSA) is 7.12 Å². The Labute approximate surface area is 142 Å². The van der Waals surface area contributed by atoms with E-state index in [-0.39, 0.29) is 0 Å². The van der Waals surface area contributed by atoms with Crippen LogP contribution >= 0.6 is 11.3 Å². The summed E-state index contributed by atoms with van der Waals surface area (Å²) in [6, 6.07) is 17.7. The fourth-order valence-electron chi connectivity index (χ4n) is 2.74. The van der Waals surface area contributed by atoms with Crippen LogP contribution in [-0.2, 0) is 7.05 Å². The zero-order valence-corrected chi connectivity index (χ0v) is 14.8. The molecule has 2 heterocycles. The highest BCUT2D eigenvalue weighted by molar-refractivity contribution is 7.18. The van der Waals surface area contributed by atoms with E-state index in [1.165, 1.54) is 26.6 Å². The molecule has 0 atom stereocenters. The Morgan fingerprint density at radius 2 is 1.30 bits per heavy atom. The Morgan fingerprint density at radius 3 is 1.83 bits per heavy atom. The molecule has 0 saturated heterocycles. The number of rotatable bonds is 5. The second kappa shape index (κ2) is 6.97. The number of pyridine rings is 1. The van der Waals surface area contributed by atoms with Gasteiger partial charge >= 0.3 is 0 Å². The molecule has 23 heavy (non-hydrogen) atoms. The molecule has 0 fully saturated rings. The molecule has 0 radical (unpaired) electrons. The summed E-state index contributed by atoms with van der Waals surface area (Å²) in [5.74, 6) is 0. The maximum absolute atomic E-state index is 2.37. The second-order valence-electron chi connectivity index (χ2n) is 5.64. The largest absolute Gasteiger partial charge is 0.372 e. The first-order valence-corrected chi connectivity index (χ1v) is 8.93. The standard InChI is InChI=1S/C20H23N2S/c1-4-22(5-2)18-8-6-16(7-9-18)19-10-11-20(23-19)17-12-14-21(3)15-13-17/h6-15H,4-5H2,1-3H3/q+1. The van der Waals surface area contributed by atoms with Crippen LogP contribution in [-0.4, -0.2) is 13.1 Å². The van der Waals surface area contributed by atoms with Gasteiger partial charge in [-0.2, -0.15) is 0 Å². The molecule has 0 unspecified atom stereocenters. The predicted octanol–water partition coefficient (Wildman–Crippen LogP) is 4.75. The zero-order chi connectivity index (χ0) is 16.2. The highest BCUT2D eigenvalue weighted by Crippen LogP contribution is 2.34. The van der Waals surface area contributed by atoms with E-state index in [0.717, 1.165) is 13.1 Å². The number of hydrogen-bond acceptors (Lipinski definition) is 2. The zero-order valence-electron chi connectivity index (χ0n) is 14.0. The minimum atomic E-state index is 1.05. The Morgan fingerprint density at radius 1 is 0.783 bits per heavy atom. The third-order valence-corrected chi connectivity index (χ3v) is 5.33. The number of aromatic nitrogens is 1. The Kier molecular flexibility index (Phi) is 4.77. The molecule has 0 N–H and O–H groups in total. The lowest BCUT2D eigenvalue weighted by Crippen LogP contribution is -2.25. The maximum atomic E-state index is 2.37. The number of anilines is 1. The minimum absolute atomic E-state index is 1.05. The van der Waals surface area contributed by atoms with Crippen LogP contribution in [0.5, 0.6) is 0 Å². The lowest BCUT2D eigenvalue weighted by atomic mass is 10.1. The predicted molar refractivity (Wildman–Crippen MR) is 99.9 cm³/mol. The summed E-state index contributed by atoms with van der Waals surface area (Å²) in [4.78, 5) is 5.00. The van der Waals surface area contributed by atoms with Gasteiger partial charge in [-0.3, -0.25) is 0 Å². The summed E-state index contributed by atoms with van der Waals surface area (Å²) in [7, 11) is 2.04. The summed E-state index contributed by atoms with van der Waals surface area (Å²) in [5, 5.41) is 0. The van der Waals surface area contributed by atoms with Crippen LogP contribution in [0.25, 0.3) is 20.9 Å². The average molecular weight is 323 g/mol. The van der Waals surface area contributed by atoms with E-state index in [2.05, 4.69) is 84.2 Å². The molecular formula is C20H23N2S+. The first kappa shape index (κ1) is 15.8. The number of hydrogen-bond donors (Lipinski definition) is 0. The van der Waals surface area contributed by atoms with E-state index >= 15 is 0 Å². The molecule has 0 spiro atoms. The molecule has 1 aromatic carbocycles. The van der Waals surface area contributed by atoms with Gasteiger partial charge < -0.3 is 4.90 Å².